The molecular formula is C22H22ClNO5. The summed E-state index contributed by atoms with van der Waals surface area (Å²) >= 11 is 5.85. The van der Waals surface area contributed by atoms with Crippen LogP contribution in [0.25, 0.3) is 0 Å². The van der Waals surface area contributed by atoms with Gasteiger partial charge < -0.3 is 14.4 Å². The second-order valence-corrected chi connectivity index (χ2v) is 7.26. The van der Waals surface area contributed by atoms with Gasteiger partial charge in [-0.3, -0.25) is 14.4 Å². The van der Waals surface area contributed by atoms with E-state index in [1.165, 1.54) is 7.11 Å². The first kappa shape index (κ1) is 20.9. The van der Waals surface area contributed by atoms with Gasteiger partial charge in [0, 0.05) is 29.2 Å². The average Bonchev–Trinajstić information content (AvgIpc) is 2.77. The average molecular weight is 416 g/mol. The summed E-state index contributed by atoms with van der Waals surface area (Å²) in [6.07, 6.45) is 1.19. The van der Waals surface area contributed by atoms with Gasteiger partial charge in [0.2, 0.25) is 0 Å². The number of likely N-dealkylation sites (tertiary alicyclic amines) is 1. The minimum Gasteiger partial charge on any atom is -0.484 e. The molecule has 1 aliphatic rings. The summed E-state index contributed by atoms with van der Waals surface area (Å²) in [5, 5.41) is 0.574. The summed E-state index contributed by atoms with van der Waals surface area (Å²) in [4.78, 5) is 38.0. The molecule has 0 radical (unpaired) electrons. The Morgan fingerprint density at radius 1 is 0.966 bits per heavy atom. The number of halogens is 1. The van der Waals surface area contributed by atoms with Crippen molar-refractivity contribution in [1.29, 1.82) is 0 Å². The van der Waals surface area contributed by atoms with Crippen molar-refractivity contribution < 1.29 is 23.9 Å². The summed E-state index contributed by atoms with van der Waals surface area (Å²) in [5.74, 6) is -0.0971. The first-order valence-electron chi connectivity index (χ1n) is 9.36. The molecule has 0 atom stereocenters. The highest BCUT2D eigenvalue weighted by Gasteiger charge is 2.27. The first-order chi connectivity index (χ1) is 14.0. The van der Waals surface area contributed by atoms with Crippen LogP contribution in [0.3, 0.4) is 0 Å². The highest BCUT2D eigenvalue weighted by Crippen LogP contribution is 2.20. The SMILES string of the molecule is COC(=O)C1CCN(C(=O)COc2ccc(C(=O)c3ccc(Cl)cc3)cc2)CC1. The van der Waals surface area contributed by atoms with Crippen LogP contribution in [0.1, 0.15) is 28.8 Å². The van der Waals surface area contributed by atoms with Gasteiger partial charge in [0.1, 0.15) is 5.75 Å². The molecule has 2 aromatic carbocycles. The van der Waals surface area contributed by atoms with Gasteiger partial charge in [0.25, 0.3) is 5.91 Å². The summed E-state index contributed by atoms with van der Waals surface area (Å²) in [6.45, 7) is 0.931. The fraction of sp³-hybridized carbons (Fsp3) is 0.318. The molecule has 29 heavy (non-hydrogen) atoms. The van der Waals surface area contributed by atoms with Gasteiger partial charge in [-0.25, -0.2) is 0 Å². The largest absolute Gasteiger partial charge is 0.484 e. The van der Waals surface area contributed by atoms with E-state index < -0.39 is 0 Å². The molecule has 1 saturated heterocycles. The zero-order valence-corrected chi connectivity index (χ0v) is 16.9. The lowest BCUT2D eigenvalue weighted by molar-refractivity contribution is -0.149. The Balaban J connectivity index is 1.50. The van der Waals surface area contributed by atoms with Crippen LogP contribution < -0.4 is 4.74 Å². The number of amides is 1. The molecule has 1 aliphatic heterocycles. The van der Waals surface area contributed by atoms with Crippen molar-refractivity contribution in [2.75, 3.05) is 26.8 Å². The zero-order chi connectivity index (χ0) is 20.8. The molecule has 0 bridgehead atoms. The molecule has 1 fully saturated rings. The number of methoxy groups -OCH3 is 1. The third kappa shape index (κ3) is 5.35. The number of ketones is 1. The van der Waals surface area contributed by atoms with Crippen LogP contribution in [-0.4, -0.2) is 49.4 Å². The van der Waals surface area contributed by atoms with Gasteiger partial charge in [-0.05, 0) is 61.4 Å². The van der Waals surface area contributed by atoms with Crippen molar-refractivity contribution in [3.05, 3.63) is 64.7 Å². The molecule has 0 N–H and O–H groups in total. The molecule has 0 unspecified atom stereocenters. The summed E-state index contributed by atoms with van der Waals surface area (Å²) in [6, 6.07) is 13.4. The second kappa shape index (κ2) is 9.56. The van der Waals surface area contributed by atoms with Crippen LogP contribution in [0, 0.1) is 5.92 Å². The highest BCUT2D eigenvalue weighted by atomic mass is 35.5. The third-order valence-electron chi connectivity index (χ3n) is 4.97. The highest BCUT2D eigenvalue weighted by molar-refractivity contribution is 6.30. The number of ether oxygens (including phenoxy) is 2. The molecule has 1 heterocycles. The van der Waals surface area contributed by atoms with Gasteiger partial charge in [0.15, 0.2) is 12.4 Å². The quantitative estimate of drug-likeness (QED) is 0.534. The molecule has 0 spiro atoms. The number of carbonyl (C=O) groups excluding carboxylic acids is 3. The number of hydrogen-bond acceptors (Lipinski definition) is 5. The van der Waals surface area contributed by atoms with Crippen LogP contribution in [0.2, 0.25) is 5.02 Å². The van der Waals surface area contributed by atoms with Gasteiger partial charge in [-0.2, -0.15) is 0 Å². The predicted molar refractivity (Wildman–Crippen MR) is 108 cm³/mol. The van der Waals surface area contributed by atoms with Crippen molar-refractivity contribution in [2.45, 2.75) is 12.8 Å². The topological polar surface area (TPSA) is 72.9 Å². The van der Waals surface area contributed by atoms with E-state index in [-0.39, 0.29) is 30.2 Å². The Hall–Kier alpha value is -2.86. The number of hydrogen-bond donors (Lipinski definition) is 0. The molecule has 0 aromatic heterocycles. The molecule has 6 nitrogen and oxygen atoms in total. The maximum absolute atomic E-state index is 12.5. The van der Waals surface area contributed by atoms with Crippen LogP contribution in [0.4, 0.5) is 0 Å². The number of esters is 1. The van der Waals surface area contributed by atoms with Crippen molar-refractivity contribution >= 4 is 29.3 Å². The molecule has 1 amide bonds. The first-order valence-corrected chi connectivity index (χ1v) is 9.74. The van der Waals surface area contributed by atoms with Crippen LogP contribution in [0.5, 0.6) is 5.75 Å². The fourth-order valence-corrected chi connectivity index (χ4v) is 3.36. The van der Waals surface area contributed by atoms with E-state index in [0.29, 0.717) is 47.8 Å². The summed E-state index contributed by atoms with van der Waals surface area (Å²) in [5.41, 5.74) is 1.07. The predicted octanol–water partition coefficient (Wildman–Crippen LogP) is 3.36. The van der Waals surface area contributed by atoms with Gasteiger partial charge in [-0.15, -0.1) is 0 Å². The van der Waals surface area contributed by atoms with Gasteiger partial charge in [-0.1, -0.05) is 11.6 Å². The Morgan fingerprint density at radius 3 is 2.07 bits per heavy atom. The van der Waals surface area contributed by atoms with E-state index in [4.69, 9.17) is 21.1 Å². The molecular weight excluding hydrogens is 394 g/mol. The molecule has 0 aliphatic carbocycles. The third-order valence-corrected chi connectivity index (χ3v) is 5.22. The van der Waals surface area contributed by atoms with Crippen molar-refractivity contribution in [3.8, 4) is 5.75 Å². The van der Waals surface area contributed by atoms with E-state index in [0.717, 1.165) is 0 Å². The fourth-order valence-electron chi connectivity index (χ4n) is 3.24. The van der Waals surface area contributed by atoms with Gasteiger partial charge >= 0.3 is 5.97 Å². The van der Waals surface area contributed by atoms with E-state index in [2.05, 4.69) is 0 Å². The molecule has 0 saturated carbocycles. The monoisotopic (exact) mass is 415 g/mol. The van der Waals surface area contributed by atoms with Crippen molar-refractivity contribution in [2.24, 2.45) is 5.92 Å². The second-order valence-electron chi connectivity index (χ2n) is 6.83. The molecule has 7 heteroatoms. The van der Waals surface area contributed by atoms with E-state index >= 15 is 0 Å². The Bertz CT molecular complexity index is 871. The van der Waals surface area contributed by atoms with Crippen LogP contribution in [-0.2, 0) is 14.3 Å². The maximum Gasteiger partial charge on any atom is 0.308 e. The number of piperidine rings is 1. The minimum atomic E-state index is -0.221. The zero-order valence-electron chi connectivity index (χ0n) is 16.1. The Labute approximate surface area is 174 Å². The summed E-state index contributed by atoms with van der Waals surface area (Å²) < 4.78 is 10.3. The number of carbonyl (C=O) groups is 3. The molecule has 152 valence electrons. The van der Waals surface area contributed by atoms with Gasteiger partial charge in [0.05, 0.1) is 13.0 Å². The number of benzene rings is 2. The lowest BCUT2D eigenvalue weighted by atomic mass is 9.97. The van der Waals surface area contributed by atoms with E-state index in [1.54, 1.807) is 53.4 Å². The van der Waals surface area contributed by atoms with E-state index in [9.17, 15) is 14.4 Å². The molecule has 3 rings (SSSR count). The lowest BCUT2D eigenvalue weighted by Gasteiger charge is -2.30. The van der Waals surface area contributed by atoms with Crippen molar-refractivity contribution in [3.63, 3.8) is 0 Å². The smallest absolute Gasteiger partial charge is 0.308 e. The minimum absolute atomic E-state index is 0.0899. The Morgan fingerprint density at radius 2 is 1.52 bits per heavy atom. The standard InChI is InChI=1S/C22H22ClNO5/c1-28-22(27)17-10-12-24(13-11-17)20(25)14-29-19-8-4-16(5-9-19)21(26)15-2-6-18(23)7-3-15/h2-9,17H,10-14H2,1H3. The van der Waals surface area contributed by atoms with Crippen LogP contribution in [0.15, 0.2) is 48.5 Å². The molecule has 2 aromatic rings. The Kier molecular flexibility index (Phi) is 6.88. The van der Waals surface area contributed by atoms with Crippen molar-refractivity contribution in [1.82, 2.24) is 4.90 Å². The number of rotatable bonds is 6. The number of nitrogens with zero attached hydrogens (tertiary/aromatic N) is 1. The van der Waals surface area contributed by atoms with E-state index in [1.807, 2.05) is 0 Å². The normalized spacial score (nSPS) is 14.3. The van der Waals surface area contributed by atoms with Crippen LogP contribution >= 0.6 is 11.6 Å². The maximum atomic E-state index is 12.5. The lowest BCUT2D eigenvalue weighted by Crippen LogP contribution is -2.42. The summed E-state index contributed by atoms with van der Waals surface area (Å²) in [7, 11) is 1.38.